The van der Waals surface area contributed by atoms with Crippen molar-refractivity contribution in [1.82, 2.24) is 9.62 Å². The monoisotopic (exact) mass is 340 g/mol. The third-order valence-corrected chi connectivity index (χ3v) is 6.12. The maximum Gasteiger partial charge on any atom is 0.216 e. The van der Waals surface area contributed by atoms with Crippen LogP contribution in [0.25, 0.3) is 0 Å². The van der Waals surface area contributed by atoms with Crippen molar-refractivity contribution >= 4 is 10.0 Å². The third-order valence-electron chi connectivity index (χ3n) is 4.36. The summed E-state index contributed by atoms with van der Waals surface area (Å²) in [5.41, 5.74) is 1.31. The molecule has 23 heavy (non-hydrogen) atoms. The molecule has 0 amide bonds. The van der Waals surface area contributed by atoms with Gasteiger partial charge in [-0.3, -0.25) is 4.90 Å². The molecule has 130 valence electrons. The number of piperidine rings is 1. The van der Waals surface area contributed by atoms with Gasteiger partial charge in [0, 0.05) is 26.7 Å². The number of hydrogen-bond acceptors (Lipinski definition) is 4. The van der Waals surface area contributed by atoms with Crippen LogP contribution in [0.5, 0.6) is 0 Å². The first-order valence-corrected chi connectivity index (χ1v) is 9.79. The molecule has 5 nitrogen and oxygen atoms in total. The predicted molar refractivity (Wildman–Crippen MR) is 92.7 cm³/mol. The SMILES string of the molecule is COC[C@@H](C)S(=O)(=O)NC[C@@H]1CCCN(Cc2ccccc2)C1. The highest BCUT2D eigenvalue weighted by atomic mass is 32.2. The van der Waals surface area contributed by atoms with Crippen LogP contribution in [0.2, 0.25) is 0 Å². The van der Waals surface area contributed by atoms with E-state index in [-0.39, 0.29) is 6.61 Å². The van der Waals surface area contributed by atoms with Gasteiger partial charge in [0.2, 0.25) is 10.0 Å². The Balaban J connectivity index is 1.82. The number of sulfonamides is 1. The summed E-state index contributed by atoms with van der Waals surface area (Å²) in [4.78, 5) is 2.41. The molecule has 0 bridgehead atoms. The number of rotatable bonds is 8. The van der Waals surface area contributed by atoms with Crippen LogP contribution in [0.3, 0.4) is 0 Å². The molecule has 0 unspecified atom stereocenters. The zero-order valence-electron chi connectivity index (χ0n) is 14.1. The molecule has 0 radical (unpaired) electrons. The molecular formula is C17H28N2O3S. The van der Waals surface area contributed by atoms with Crippen molar-refractivity contribution in [3.63, 3.8) is 0 Å². The summed E-state index contributed by atoms with van der Waals surface area (Å²) < 4.78 is 32.0. The Kier molecular flexibility index (Phi) is 7.02. The van der Waals surface area contributed by atoms with Crippen LogP contribution < -0.4 is 4.72 Å². The largest absolute Gasteiger partial charge is 0.383 e. The number of methoxy groups -OCH3 is 1. The highest BCUT2D eigenvalue weighted by Crippen LogP contribution is 2.18. The average molecular weight is 340 g/mol. The van der Waals surface area contributed by atoms with Gasteiger partial charge in [0.15, 0.2) is 0 Å². The fraction of sp³-hybridized carbons (Fsp3) is 0.647. The zero-order chi connectivity index (χ0) is 16.7. The molecule has 0 aromatic heterocycles. The molecule has 0 spiro atoms. The summed E-state index contributed by atoms with van der Waals surface area (Å²) in [6, 6.07) is 10.4. The molecule has 2 rings (SSSR count). The van der Waals surface area contributed by atoms with Gasteiger partial charge in [-0.25, -0.2) is 13.1 Å². The minimum Gasteiger partial charge on any atom is -0.383 e. The standard InChI is InChI=1S/C17H28N2O3S/c1-15(14-22-2)23(20,21)18-11-17-9-6-10-19(13-17)12-16-7-4-3-5-8-16/h3-5,7-8,15,17-18H,6,9-14H2,1-2H3/t15-,17+/m1/s1. The molecule has 1 aliphatic rings. The van der Waals surface area contributed by atoms with Crippen molar-refractivity contribution in [2.75, 3.05) is 33.4 Å². The summed E-state index contributed by atoms with van der Waals surface area (Å²) in [7, 11) is -1.77. The molecule has 1 aromatic rings. The quantitative estimate of drug-likeness (QED) is 0.785. The summed E-state index contributed by atoms with van der Waals surface area (Å²) in [5.74, 6) is 0.372. The van der Waals surface area contributed by atoms with Gasteiger partial charge in [0.1, 0.15) is 0 Å². The third kappa shape index (κ3) is 5.88. The minimum atomic E-state index is -3.29. The second kappa shape index (κ2) is 8.78. The summed E-state index contributed by atoms with van der Waals surface area (Å²) in [6.45, 7) is 5.37. The molecule has 6 heteroatoms. The Morgan fingerprint density at radius 2 is 2.09 bits per heavy atom. The Morgan fingerprint density at radius 1 is 1.35 bits per heavy atom. The maximum atomic E-state index is 12.1. The van der Waals surface area contributed by atoms with Crippen molar-refractivity contribution in [2.45, 2.75) is 31.6 Å². The van der Waals surface area contributed by atoms with Gasteiger partial charge in [-0.2, -0.15) is 0 Å². The number of hydrogen-bond donors (Lipinski definition) is 1. The number of likely N-dealkylation sites (tertiary alicyclic amines) is 1. The van der Waals surface area contributed by atoms with E-state index in [2.05, 4.69) is 33.9 Å². The summed E-state index contributed by atoms with van der Waals surface area (Å²) in [6.07, 6.45) is 2.19. The smallest absolute Gasteiger partial charge is 0.216 e. The van der Waals surface area contributed by atoms with Gasteiger partial charge < -0.3 is 4.74 Å². The Labute approximate surface area is 140 Å². The molecule has 1 heterocycles. The van der Waals surface area contributed by atoms with Crippen molar-refractivity contribution in [3.05, 3.63) is 35.9 Å². The van der Waals surface area contributed by atoms with E-state index in [1.807, 2.05) is 6.07 Å². The van der Waals surface area contributed by atoms with Crippen LogP contribution in [0.4, 0.5) is 0 Å². The highest BCUT2D eigenvalue weighted by Gasteiger charge is 2.24. The van der Waals surface area contributed by atoms with Crippen molar-refractivity contribution < 1.29 is 13.2 Å². The van der Waals surface area contributed by atoms with Gasteiger partial charge in [-0.05, 0) is 37.8 Å². The summed E-state index contributed by atoms with van der Waals surface area (Å²) >= 11 is 0. The van der Waals surface area contributed by atoms with E-state index < -0.39 is 15.3 Å². The first kappa shape index (κ1) is 18.4. The number of nitrogens with zero attached hydrogens (tertiary/aromatic N) is 1. The second-order valence-corrected chi connectivity index (χ2v) is 8.57. The van der Waals surface area contributed by atoms with E-state index in [9.17, 15) is 8.42 Å². The topological polar surface area (TPSA) is 58.6 Å². The summed E-state index contributed by atoms with van der Waals surface area (Å²) in [5, 5.41) is -0.517. The van der Waals surface area contributed by atoms with Gasteiger partial charge >= 0.3 is 0 Å². The van der Waals surface area contributed by atoms with Crippen molar-refractivity contribution in [1.29, 1.82) is 0 Å². The first-order chi connectivity index (χ1) is 11.0. The lowest BCUT2D eigenvalue weighted by Crippen LogP contribution is -2.43. The molecular weight excluding hydrogens is 312 g/mol. The van der Waals surface area contributed by atoms with E-state index in [1.165, 1.54) is 12.7 Å². The molecule has 0 saturated carbocycles. The minimum absolute atomic E-state index is 0.222. The van der Waals surface area contributed by atoms with Crippen LogP contribution in [-0.2, 0) is 21.3 Å². The lowest BCUT2D eigenvalue weighted by atomic mass is 9.98. The van der Waals surface area contributed by atoms with Gasteiger partial charge in [-0.15, -0.1) is 0 Å². The molecule has 0 aliphatic carbocycles. The van der Waals surface area contributed by atoms with Crippen LogP contribution in [0.1, 0.15) is 25.3 Å². The van der Waals surface area contributed by atoms with E-state index in [1.54, 1.807) is 6.92 Å². The van der Waals surface area contributed by atoms with E-state index >= 15 is 0 Å². The molecule has 1 aromatic carbocycles. The Hall–Kier alpha value is -0.950. The molecule has 2 atom stereocenters. The fourth-order valence-corrected chi connectivity index (χ4v) is 4.07. The molecule has 1 N–H and O–H groups in total. The van der Waals surface area contributed by atoms with Crippen molar-refractivity contribution in [3.8, 4) is 0 Å². The van der Waals surface area contributed by atoms with Crippen LogP contribution in [-0.4, -0.2) is 51.9 Å². The first-order valence-electron chi connectivity index (χ1n) is 8.25. The van der Waals surface area contributed by atoms with Gasteiger partial charge in [-0.1, -0.05) is 30.3 Å². The van der Waals surface area contributed by atoms with Crippen LogP contribution >= 0.6 is 0 Å². The van der Waals surface area contributed by atoms with Crippen LogP contribution in [0.15, 0.2) is 30.3 Å². The molecule has 1 fully saturated rings. The lowest BCUT2D eigenvalue weighted by Gasteiger charge is -2.33. The average Bonchev–Trinajstić information content (AvgIpc) is 2.55. The molecule has 1 aliphatic heterocycles. The molecule has 1 saturated heterocycles. The Morgan fingerprint density at radius 3 is 2.78 bits per heavy atom. The number of benzene rings is 1. The van der Waals surface area contributed by atoms with Crippen molar-refractivity contribution in [2.24, 2.45) is 5.92 Å². The van der Waals surface area contributed by atoms with E-state index in [0.29, 0.717) is 12.5 Å². The number of nitrogens with one attached hydrogen (secondary N) is 1. The van der Waals surface area contributed by atoms with E-state index in [4.69, 9.17) is 4.74 Å². The van der Waals surface area contributed by atoms with E-state index in [0.717, 1.165) is 32.5 Å². The fourth-order valence-electron chi connectivity index (χ4n) is 3.00. The second-order valence-electron chi connectivity index (χ2n) is 6.39. The predicted octanol–water partition coefficient (Wildman–Crippen LogP) is 1.85. The lowest BCUT2D eigenvalue weighted by molar-refractivity contribution is 0.168. The van der Waals surface area contributed by atoms with Gasteiger partial charge in [0.25, 0.3) is 0 Å². The van der Waals surface area contributed by atoms with Crippen LogP contribution in [0, 0.1) is 5.92 Å². The van der Waals surface area contributed by atoms with Gasteiger partial charge in [0.05, 0.1) is 11.9 Å². The highest BCUT2D eigenvalue weighted by molar-refractivity contribution is 7.90. The number of ether oxygens (including phenoxy) is 1. The zero-order valence-corrected chi connectivity index (χ0v) is 14.9. The maximum absolute atomic E-state index is 12.1. The Bertz CT molecular complexity index is 562. The normalized spacial score (nSPS) is 21.2.